The first-order valence-corrected chi connectivity index (χ1v) is 15.2. The van der Waals surface area contributed by atoms with Crippen LogP contribution in [0.4, 0.5) is 0 Å². The van der Waals surface area contributed by atoms with Crippen LogP contribution in [-0.4, -0.2) is 59.5 Å². The second-order valence-electron chi connectivity index (χ2n) is 12.9. The van der Waals surface area contributed by atoms with Gasteiger partial charge in [0.2, 0.25) is 0 Å². The smallest absolute Gasteiger partial charge is 0.316 e. The third-order valence-electron chi connectivity index (χ3n) is 9.68. The maximum absolute atomic E-state index is 14.0. The molecule has 0 aromatic rings. The Hall–Kier alpha value is -2.42. The summed E-state index contributed by atoms with van der Waals surface area (Å²) in [7, 11) is 0. The quantitative estimate of drug-likeness (QED) is 0.138. The summed E-state index contributed by atoms with van der Waals surface area (Å²) in [6.45, 7) is 10.6. The summed E-state index contributed by atoms with van der Waals surface area (Å²) in [5.41, 5.74) is 10.1. The van der Waals surface area contributed by atoms with E-state index in [1.54, 1.807) is 13.0 Å². The third kappa shape index (κ3) is 5.93. The van der Waals surface area contributed by atoms with Gasteiger partial charge in [-0.3, -0.25) is 4.79 Å². The molecule has 5 rings (SSSR count). The van der Waals surface area contributed by atoms with Crippen LogP contribution in [-0.2, 0) is 23.7 Å². The lowest BCUT2D eigenvalue weighted by Crippen LogP contribution is -2.58. The largest absolute Gasteiger partial charge is 0.462 e. The van der Waals surface area contributed by atoms with Crippen molar-refractivity contribution in [2.45, 2.75) is 121 Å². The van der Waals surface area contributed by atoms with Crippen LogP contribution < -0.4 is 0 Å². The van der Waals surface area contributed by atoms with Gasteiger partial charge in [-0.2, -0.15) is 0 Å². The van der Waals surface area contributed by atoms with E-state index in [9.17, 15) is 15.4 Å². The van der Waals surface area contributed by atoms with Crippen molar-refractivity contribution in [3.63, 3.8) is 0 Å². The Morgan fingerprint density at radius 3 is 2.78 bits per heavy atom. The van der Waals surface area contributed by atoms with Crippen LogP contribution in [0.2, 0.25) is 0 Å². The van der Waals surface area contributed by atoms with Crippen LogP contribution in [0.1, 0.15) is 79.6 Å². The number of ether oxygens (including phenoxy) is 4. The number of allylic oxidation sites excluding steroid dienone is 4. The zero-order valence-electron chi connectivity index (χ0n) is 25.0. The number of carbonyl (C=O) groups is 1. The Morgan fingerprint density at radius 1 is 1.22 bits per heavy atom. The van der Waals surface area contributed by atoms with Gasteiger partial charge < -0.3 is 24.1 Å². The van der Waals surface area contributed by atoms with Crippen molar-refractivity contribution in [3.8, 4) is 0 Å². The standard InChI is InChI=1S/C32H45N3O6/c1-6-27-21(4)12-13-31(41-27)17-25-16-24(40-31)11-10-20(3)14-19(2)8-7-9-23-18-38-29-28(34-35-33)22(5)15-26(30(36)39-25)32(23,29)37/h7-10,15,19,21,24-29,37H,6,11-14,16-18H2,1-5H3/b8-7+,20-10+,23-9+/t19-,21-,24+,25-,26-,27+,28+,29+,31+,32+/m0/s1. The highest BCUT2D eigenvalue weighted by atomic mass is 16.7. The van der Waals surface area contributed by atoms with Crippen LogP contribution in [0.3, 0.4) is 0 Å². The van der Waals surface area contributed by atoms with E-state index < -0.39 is 41.5 Å². The number of carbonyl (C=O) groups excluding carboxylic acids is 1. The summed E-state index contributed by atoms with van der Waals surface area (Å²) in [5, 5.41) is 16.2. The minimum Gasteiger partial charge on any atom is -0.462 e. The summed E-state index contributed by atoms with van der Waals surface area (Å²) in [5.74, 6) is -1.60. The molecular formula is C32H45N3O6. The fourth-order valence-electron chi connectivity index (χ4n) is 7.43. The van der Waals surface area contributed by atoms with E-state index in [1.165, 1.54) is 5.57 Å². The van der Waals surface area contributed by atoms with Gasteiger partial charge in [-0.15, -0.1) is 0 Å². The number of rotatable bonds is 2. The average molecular weight is 568 g/mol. The highest BCUT2D eigenvalue weighted by Gasteiger charge is 2.60. The number of azide groups is 1. The van der Waals surface area contributed by atoms with Gasteiger partial charge >= 0.3 is 5.97 Å². The lowest BCUT2D eigenvalue weighted by Gasteiger charge is -2.50. The molecule has 2 bridgehead atoms. The highest BCUT2D eigenvalue weighted by molar-refractivity contribution is 5.78. The molecule has 1 aliphatic carbocycles. The van der Waals surface area contributed by atoms with Gasteiger partial charge in [-0.25, -0.2) is 0 Å². The molecule has 9 heteroatoms. The first kappa shape index (κ1) is 30.1. The molecule has 9 nitrogen and oxygen atoms in total. The van der Waals surface area contributed by atoms with Gasteiger partial charge in [0.05, 0.1) is 24.9 Å². The summed E-state index contributed by atoms with van der Waals surface area (Å²) < 4.78 is 25.6. The Balaban J connectivity index is 1.53. The van der Waals surface area contributed by atoms with Crippen LogP contribution in [0.15, 0.2) is 52.2 Å². The number of hydrogen-bond donors (Lipinski definition) is 1. The number of esters is 1. The zero-order chi connectivity index (χ0) is 29.4. The van der Waals surface area contributed by atoms with Gasteiger partial charge in [0.15, 0.2) is 5.79 Å². The molecule has 3 saturated heterocycles. The molecular weight excluding hydrogens is 522 g/mol. The predicted molar refractivity (Wildman–Crippen MR) is 155 cm³/mol. The molecule has 0 amide bonds. The molecule has 5 aliphatic rings. The topological polar surface area (TPSA) is 123 Å². The predicted octanol–water partition coefficient (Wildman–Crippen LogP) is 6.24. The summed E-state index contributed by atoms with van der Waals surface area (Å²) in [4.78, 5) is 17.0. The Kier molecular flexibility index (Phi) is 8.84. The van der Waals surface area contributed by atoms with E-state index in [4.69, 9.17) is 18.9 Å². The normalized spacial score (nSPS) is 46.6. The lowest BCUT2D eigenvalue weighted by atomic mass is 9.70. The Morgan fingerprint density at radius 2 is 2.02 bits per heavy atom. The molecule has 1 spiro atoms. The number of hydrogen-bond acceptors (Lipinski definition) is 7. The highest BCUT2D eigenvalue weighted by Crippen LogP contribution is 2.48. The number of aliphatic hydroxyl groups is 1. The molecule has 10 atom stereocenters. The van der Waals surface area contributed by atoms with Crippen molar-refractivity contribution in [1.82, 2.24) is 0 Å². The molecule has 0 radical (unpaired) electrons. The van der Waals surface area contributed by atoms with Crippen molar-refractivity contribution in [3.05, 3.63) is 57.5 Å². The minimum atomic E-state index is -1.69. The molecule has 0 aromatic carbocycles. The van der Waals surface area contributed by atoms with Crippen LogP contribution in [0.5, 0.6) is 0 Å². The van der Waals surface area contributed by atoms with E-state index in [1.807, 2.05) is 12.2 Å². The maximum Gasteiger partial charge on any atom is 0.316 e. The molecule has 1 N–H and O–H groups in total. The average Bonchev–Trinajstić information content (AvgIpc) is 3.26. The fourth-order valence-corrected chi connectivity index (χ4v) is 7.43. The van der Waals surface area contributed by atoms with Gasteiger partial charge in [-0.05, 0) is 62.5 Å². The molecule has 224 valence electrons. The third-order valence-corrected chi connectivity index (χ3v) is 9.68. The van der Waals surface area contributed by atoms with Crippen molar-refractivity contribution in [2.75, 3.05) is 6.61 Å². The molecule has 41 heavy (non-hydrogen) atoms. The van der Waals surface area contributed by atoms with Crippen molar-refractivity contribution in [1.29, 1.82) is 0 Å². The first-order valence-electron chi connectivity index (χ1n) is 15.2. The van der Waals surface area contributed by atoms with Crippen molar-refractivity contribution >= 4 is 5.97 Å². The summed E-state index contributed by atoms with van der Waals surface area (Å²) in [6.07, 6.45) is 13.7. The second-order valence-corrected chi connectivity index (χ2v) is 12.9. The minimum absolute atomic E-state index is 0.0907. The van der Waals surface area contributed by atoms with Gasteiger partial charge in [-0.1, -0.05) is 67.4 Å². The number of nitrogens with zero attached hydrogens (tertiary/aromatic N) is 3. The van der Waals surface area contributed by atoms with E-state index in [-0.39, 0.29) is 24.7 Å². The molecule has 0 unspecified atom stereocenters. The Labute approximate surface area is 243 Å². The monoisotopic (exact) mass is 567 g/mol. The SMILES string of the molecule is CC[C@H]1O[C@]2(CC[C@@H]1C)C[C@@H]1C[C@@H](C/C=C(\C)C[C@@H](C)/C=C/C=C3\CO[C@@H]4[C@H](N=[N+]=[N-])C(C)=C[C@@H](C(=O)O1)[C@]34O)O2. The van der Waals surface area contributed by atoms with Gasteiger partial charge in [0, 0.05) is 24.2 Å². The van der Waals surface area contributed by atoms with E-state index in [2.05, 4.69) is 49.9 Å². The number of fused-ring (bicyclic) bond motifs is 2. The summed E-state index contributed by atoms with van der Waals surface area (Å²) >= 11 is 0. The zero-order valence-corrected chi connectivity index (χ0v) is 25.0. The van der Waals surface area contributed by atoms with Crippen molar-refractivity contribution in [2.24, 2.45) is 22.9 Å². The fraction of sp³-hybridized carbons (Fsp3) is 0.719. The Bertz CT molecular complexity index is 1190. The van der Waals surface area contributed by atoms with Gasteiger partial charge in [0.25, 0.3) is 0 Å². The maximum atomic E-state index is 14.0. The van der Waals surface area contributed by atoms with Gasteiger partial charge in [0.1, 0.15) is 23.7 Å². The van der Waals surface area contributed by atoms with E-state index in [0.29, 0.717) is 36.3 Å². The van der Waals surface area contributed by atoms with E-state index in [0.717, 1.165) is 25.7 Å². The molecule has 0 saturated carbocycles. The second kappa shape index (κ2) is 12.1. The molecule has 4 aliphatic heterocycles. The summed E-state index contributed by atoms with van der Waals surface area (Å²) in [6, 6.07) is -0.722. The molecule has 3 fully saturated rings. The van der Waals surface area contributed by atoms with Crippen molar-refractivity contribution < 1.29 is 28.8 Å². The van der Waals surface area contributed by atoms with Crippen LogP contribution in [0, 0.1) is 17.8 Å². The molecule has 4 heterocycles. The van der Waals surface area contributed by atoms with Crippen LogP contribution in [0.25, 0.3) is 10.4 Å². The first-order chi connectivity index (χ1) is 19.6. The van der Waals surface area contributed by atoms with Crippen LogP contribution >= 0.6 is 0 Å². The lowest BCUT2D eigenvalue weighted by molar-refractivity contribution is -0.335. The van der Waals surface area contributed by atoms with E-state index >= 15 is 0 Å². The molecule has 0 aromatic heterocycles.